The van der Waals surface area contributed by atoms with Crippen LogP contribution in [0.3, 0.4) is 0 Å². The first-order valence-electron chi connectivity index (χ1n) is 11.3. The Balaban J connectivity index is 1.38. The molecule has 4 heteroatoms. The summed E-state index contributed by atoms with van der Waals surface area (Å²) in [6.45, 7) is 0. The third kappa shape index (κ3) is 3.97. The van der Waals surface area contributed by atoms with Crippen LogP contribution in [-0.4, -0.2) is 23.2 Å². The van der Waals surface area contributed by atoms with E-state index >= 15 is 0 Å². The molecule has 5 aromatic rings. The second-order valence-electron chi connectivity index (χ2n) is 8.24. The van der Waals surface area contributed by atoms with Crippen LogP contribution in [0, 0.1) is 0 Å². The van der Waals surface area contributed by atoms with E-state index in [1.807, 2.05) is 24.4 Å². The second kappa shape index (κ2) is 8.75. The number of allylic oxidation sites excluding steroid dienone is 1. The highest BCUT2D eigenvalue weighted by molar-refractivity contribution is 6.11. The van der Waals surface area contributed by atoms with Crippen LogP contribution in [0.15, 0.2) is 132 Å². The minimum absolute atomic E-state index is 0.416. The number of rotatable bonds is 4. The Morgan fingerprint density at radius 2 is 1.38 bits per heavy atom. The number of hydrogen-bond acceptors (Lipinski definition) is 4. The quantitative estimate of drug-likeness (QED) is 0.296. The van der Waals surface area contributed by atoms with Crippen LogP contribution in [0.5, 0.6) is 0 Å². The Kier molecular flexibility index (Phi) is 5.17. The topological polar surface area (TPSA) is 40.9 Å². The van der Waals surface area contributed by atoms with E-state index in [9.17, 15) is 0 Å². The highest BCUT2D eigenvalue weighted by Crippen LogP contribution is 2.24. The number of aromatic nitrogens is 1. The van der Waals surface area contributed by atoms with E-state index in [4.69, 9.17) is 9.98 Å². The molecule has 0 amide bonds. The van der Waals surface area contributed by atoms with Crippen molar-refractivity contribution in [3.8, 4) is 0 Å². The summed E-state index contributed by atoms with van der Waals surface area (Å²) in [5.41, 5.74) is 4.03. The monoisotopic (exact) mass is 438 g/mol. The van der Waals surface area contributed by atoms with Crippen LogP contribution in [0.4, 0.5) is 5.69 Å². The lowest BCUT2D eigenvalue weighted by Gasteiger charge is -2.28. The fraction of sp³-hybridized carbons (Fsp3) is 0.0333. The van der Waals surface area contributed by atoms with Crippen molar-refractivity contribution in [1.82, 2.24) is 4.98 Å². The number of hydrogen-bond donors (Lipinski definition) is 0. The number of benzene rings is 4. The second-order valence-corrected chi connectivity index (χ2v) is 8.24. The van der Waals surface area contributed by atoms with Gasteiger partial charge in [-0.3, -0.25) is 4.98 Å². The molecular weight excluding hydrogens is 416 g/mol. The summed E-state index contributed by atoms with van der Waals surface area (Å²) in [5.74, 6) is 0. The third-order valence-electron chi connectivity index (χ3n) is 6.03. The standard InChI is InChI=1S/C30H22N4/c1-3-7-25-19-22(9-10-23(25)5-1)21-32-30-33-29(15-18-34(30)28-13-16-31-17-14-28)27-12-11-24-6-2-4-8-26(24)20-27/h1-21,30H. The van der Waals surface area contributed by atoms with Crippen molar-refractivity contribution in [1.29, 1.82) is 0 Å². The number of fused-ring (bicyclic) bond motifs is 2. The first kappa shape index (κ1) is 20.1. The van der Waals surface area contributed by atoms with E-state index in [-0.39, 0.29) is 0 Å². The Morgan fingerprint density at radius 3 is 2.15 bits per heavy atom. The molecule has 0 spiro atoms. The zero-order chi connectivity index (χ0) is 22.7. The molecule has 162 valence electrons. The minimum Gasteiger partial charge on any atom is -0.307 e. The number of pyridine rings is 1. The fourth-order valence-corrected chi connectivity index (χ4v) is 4.26. The van der Waals surface area contributed by atoms with Crippen molar-refractivity contribution < 1.29 is 0 Å². The largest absolute Gasteiger partial charge is 0.307 e. The van der Waals surface area contributed by atoms with E-state index < -0.39 is 6.29 Å². The molecule has 0 N–H and O–H groups in total. The van der Waals surface area contributed by atoms with Gasteiger partial charge in [-0.05, 0) is 57.4 Å². The Morgan fingerprint density at radius 1 is 0.706 bits per heavy atom. The lowest BCUT2D eigenvalue weighted by atomic mass is 10.0. The van der Waals surface area contributed by atoms with Crippen LogP contribution in [-0.2, 0) is 0 Å². The van der Waals surface area contributed by atoms with Gasteiger partial charge in [-0.15, -0.1) is 0 Å². The van der Waals surface area contributed by atoms with Gasteiger partial charge in [-0.2, -0.15) is 0 Å². The molecule has 1 atom stereocenters. The smallest absolute Gasteiger partial charge is 0.220 e. The molecule has 34 heavy (non-hydrogen) atoms. The predicted octanol–water partition coefficient (Wildman–Crippen LogP) is 6.61. The first-order valence-corrected chi connectivity index (χ1v) is 11.3. The van der Waals surface area contributed by atoms with Gasteiger partial charge in [0.15, 0.2) is 0 Å². The molecule has 1 unspecified atom stereocenters. The zero-order valence-electron chi connectivity index (χ0n) is 18.5. The van der Waals surface area contributed by atoms with Gasteiger partial charge in [0.05, 0.1) is 5.71 Å². The first-order chi connectivity index (χ1) is 16.8. The molecule has 4 aromatic carbocycles. The summed E-state index contributed by atoms with van der Waals surface area (Å²) in [6, 6.07) is 33.5. The Bertz CT molecular complexity index is 1570. The molecule has 0 bridgehead atoms. The van der Waals surface area contributed by atoms with Gasteiger partial charge < -0.3 is 4.90 Å². The van der Waals surface area contributed by atoms with E-state index in [0.717, 1.165) is 22.5 Å². The maximum Gasteiger partial charge on any atom is 0.220 e. The van der Waals surface area contributed by atoms with Crippen molar-refractivity contribution in [2.75, 3.05) is 4.90 Å². The Labute approximate surface area is 198 Å². The van der Waals surface area contributed by atoms with Gasteiger partial charge in [-0.25, -0.2) is 9.98 Å². The Hall–Kier alpha value is -4.57. The summed E-state index contributed by atoms with van der Waals surface area (Å²) < 4.78 is 0. The summed E-state index contributed by atoms with van der Waals surface area (Å²) in [7, 11) is 0. The van der Waals surface area contributed by atoms with Crippen molar-refractivity contribution >= 4 is 39.2 Å². The molecule has 0 aliphatic carbocycles. The summed E-state index contributed by atoms with van der Waals surface area (Å²) in [5, 5.41) is 4.83. The van der Waals surface area contributed by atoms with Crippen LogP contribution in [0.2, 0.25) is 0 Å². The SMILES string of the molecule is C1=CN(c2ccncc2)C(N=Cc2ccc3ccccc3c2)N=C1c1ccc2ccccc2c1. The number of aliphatic imine (C=N–C) groups is 2. The molecule has 1 aromatic heterocycles. The van der Waals surface area contributed by atoms with Crippen LogP contribution in [0.1, 0.15) is 11.1 Å². The van der Waals surface area contributed by atoms with Gasteiger partial charge in [-0.1, -0.05) is 72.8 Å². The molecule has 0 saturated heterocycles. The van der Waals surface area contributed by atoms with Crippen molar-refractivity contribution in [2.45, 2.75) is 6.29 Å². The van der Waals surface area contributed by atoms with E-state index in [1.54, 1.807) is 12.4 Å². The van der Waals surface area contributed by atoms with Crippen LogP contribution in [0.25, 0.3) is 21.5 Å². The lowest BCUT2D eigenvalue weighted by Crippen LogP contribution is -2.31. The van der Waals surface area contributed by atoms with Gasteiger partial charge in [0.1, 0.15) is 0 Å². The summed E-state index contributed by atoms with van der Waals surface area (Å²) in [4.78, 5) is 16.1. The predicted molar refractivity (Wildman–Crippen MR) is 142 cm³/mol. The van der Waals surface area contributed by atoms with Gasteiger partial charge in [0, 0.05) is 36.1 Å². The molecule has 0 radical (unpaired) electrons. The molecule has 0 saturated carbocycles. The van der Waals surface area contributed by atoms with Gasteiger partial charge in [0.25, 0.3) is 0 Å². The average molecular weight is 439 g/mol. The van der Waals surface area contributed by atoms with Crippen LogP contribution < -0.4 is 4.90 Å². The van der Waals surface area contributed by atoms with Crippen LogP contribution >= 0.6 is 0 Å². The average Bonchev–Trinajstić information content (AvgIpc) is 2.92. The molecule has 6 rings (SSSR count). The van der Waals surface area contributed by atoms with Crippen molar-refractivity contribution in [3.63, 3.8) is 0 Å². The van der Waals surface area contributed by atoms with Gasteiger partial charge >= 0.3 is 0 Å². The summed E-state index contributed by atoms with van der Waals surface area (Å²) >= 11 is 0. The zero-order valence-corrected chi connectivity index (χ0v) is 18.5. The molecule has 2 heterocycles. The van der Waals surface area contributed by atoms with E-state index in [0.29, 0.717) is 0 Å². The number of nitrogens with zero attached hydrogens (tertiary/aromatic N) is 4. The lowest BCUT2D eigenvalue weighted by molar-refractivity contribution is 0.713. The molecule has 0 fully saturated rings. The number of anilines is 1. The van der Waals surface area contributed by atoms with Gasteiger partial charge in [0.2, 0.25) is 6.29 Å². The minimum atomic E-state index is -0.416. The van der Waals surface area contributed by atoms with Crippen molar-refractivity contribution in [3.05, 3.63) is 133 Å². The van der Waals surface area contributed by atoms with E-state index in [2.05, 4.69) is 101 Å². The maximum absolute atomic E-state index is 5.03. The highest BCUT2D eigenvalue weighted by Gasteiger charge is 2.20. The van der Waals surface area contributed by atoms with Crippen molar-refractivity contribution in [2.24, 2.45) is 9.98 Å². The maximum atomic E-state index is 5.03. The van der Waals surface area contributed by atoms with E-state index in [1.165, 1.54) is 21.5 Å². The fourth-order valence-electron chi connectivity index (χ4n) is 4.26. The highest BCUT2D eigenvalue weighted by atomic mass is 15.3. The third-order valence-corrected chi connectivity index (χ3v) is 6.03. The summed E-state index contributed by atoms with van der Waals surface area (Å²) in [6.07, 6.45) is 9.17. The molecular formula is C30H22N4. The molecule has 1 aliphatic heterocycles. The molecule has 4 nitrogen and oxygen atoms in total. The molecule has 1 aliphatic rings. The normalized spacial score (nSPS) is 15.8.